The highest BCUT2D eigenvalue weighted by Gasteiger charge is 2.27. The van der Waals surface area contributed by atoms with Crippen molar-refractivity contribution in [2.75, 3.05) is 0 Å². The molecule has 0 saturated carbocycles. The quantitative estimate of drug-likeness (QED) is 0.324. The summed E-state index contributed by atoms with van der Waals surface area (Å²) in [7, 11) is 1.77. The fraction of sp³-hybridized carbons (Fsp3) is 0.133. The summed E-state index contributed by atoms with van der Waals surface area (Å²) in [5, 5.41) is 11.8. The largest absolute Gasteiger partial charge is 0.333 e. The molecule has 0 fully saturated rings. The van der Waals surface area contributed by atoms with Crippen molar-refractivity contribution in [3.63, 3.8) is 0 Å². The molecule has 36 heavy (non-hydrogen) atoms. The van der Waals surface area contributed by atoms with Crippen molar-refractivity contribution >= 4 is 32.8 Å². The molecule has 6 heteroatoms. The zero-order valence-corrected chi connectivity index (χ0v) is 20.2. The summed E-state index contributed by atoms with van der Waals surface area (Å²) in [5.74, 6) is 0. The van der Waals surface area contributed by atoms with E-state index in [9.17, 15) is 10.1 Å². The van der Waals surface area contributed by atoms with E-state index in [0.717, 1.165) is 44.0 Å². The lowest BCUT2D eigenvalue weighted by Gasteiger charge is -2.20. The van der Waals surface area contributed by atoms with E-state index in [0.29, 0.717) is 11.4 Å². The van der Waals surface area contributed by atoms with Crippen molar-refractivity contribution in [1.29, 1.82) is 5.26 Å². The van der Waals surface area contributed by atoms with Gasteiger partial charge in [0.1, 0.15) is 0 Å². The fourth-order valence-corrected chi connectivity index (χ4v) is 4.95. The van der Waals surface area contributed by atoms with Gasteiger partial charge < -0.3 is 0 Å². The summed E-state index contributed by atoms with van der Waals surface area (Å²) < 4.78 is 3.38. The molecule has 0 aliphatic rings. The van der Waals surface area contributed by atoms with Gasteiger partial charge >= 0.3 is 5.69 Å². The SMILES string of the molecule is Cn1c(=O)n(-c2ccccc2C(C)(C)C#N)c2c3ccccc3nc(-c3cnc4ccccc4c3)c21. The normalized spacial score (nSPS) is 11.8. The molecule has 3 aromatic carbocycles. The van der Waals surface area contributed by atoms with Gasteiger partial charge in [0.15, 0.2) is 0 Å². The van der Waals surface area contributed by atoms with Crippen LogP contribution in [0.3, 0.4) is 0 Å². The van der Waals surface area contributed by atoms with Crippen molar-refractivity contribution in [2.45, 2.75) is 19.3 Å². The molecule has 0 atom stereocenters. The van der Waals surface area contributed by atoms with Gasteiger partial charge in [0, 0.05) is 29.6 Å². The van der Waals surface area contributed by atoms with Gasteiger partial charge in [0.05, 0.1) is 44.9 Å². The Morgan fingerprint density at radius 3 is 2.39 bits per heavy atom. The van der Waals surface area contributed by atoms with Crippen LogP contribution < -0.4 is 5.69 Å². The van der Waals surface area contributed by atoms with Crippen LogP contribution in [-0.4, -0.2) is 19.1 Å². The molecule has 0 bridgehead atoms. The Labute approximate surface area is 207 Å². The van der Waals surface area contributed by atoms with Crippen LogP contribution >= 0.6 is 0 Å². The zero-order valence-electron chi connectivity index (χ0n) is 20.2. The number of nitrogens with zero attached hydrogens (tertiary/aromatic N) is 5. The lowest BCUT2D eigenvalue weighted by molar-refractivity contribution is 0.678. The maximum absolute atomic E-state index is 13.9. The Morgan fingerprint density at radius 2 is 1.58 bits per heavy atom. The number of aromatic nitrogens is 4. The second-order valence-electron chi connectivity index (χ2n) is 9.52. The molecular formula is C30H23N5O. The van der Waals surface area contributed by atoms with Crippen LogP contribution in [0.25, 0.3) is 49.8 Å². The first kappa shape index (κ1) is 21.8. The van der Waals surface area contributed by atoms with Crippen LogP contribution in [0.4, 0.5) is 0 Å². The summed E-state index contributed by atoms with van der Waals surface area (Å²) >= 11 is 0. The van der Waals surface area contributed by atoms with Crippen molar-refractivity contribution in [2.24, 2.45) is 7.05 Å². The second kappa shape index (κ2) is 7.89. The number of nitriles is 1. The molecule has 3 aromatic heterocycles. The van der Waals surface area contributed by atoms with Crippen LogP contribution in [0.1, 0.15) is 19.4 Å². The van der Waals surface area contributed by atoms with Crippen molar-refractivity contribution in [1.82, 2.24) is 19.1 Å². The van der Waals surface area contributed by atoms with E-state index in [1.165, 1.54) is 0 Å². The van der Waals surface area contributed by atoms with E-state index < -0.39 is 5.41 Å². The van der Waals surface area contributed by atoms with E-state index >= 15 is 0 Å². The Bertz CT molecular complexity index is 1920. The van der Waals surface area contributed by atoms with Crippen LogP contribution in [0, 0.1) is 11.3 Å². The maximum Gasteiger partial charge on any atom is 0.333 e. The second-order valence-corrected chi connectivity index (χ2v) is 9.52. The Kier molecular flexibility index (Phi) is 4.77. The van der Waals surface area contributed by atoms with Crippen molar-refractivity contribution in [3.05, 3.63) is 101 Å². The number of imidazole rings is 1. The number of hydrogen-bond acceptors (Lipinski definition) is 4. The number of para-hydroxylation sites is 3. The maximum atomic E-state index is 13.9. The standard InChI is InChI=1S/C30H23N5O/c1-30(2,18-31)22-12-6-9-15-25(22)35-27-21-11-5-8-14-24(21)33-26(28(27)34(3)29(35)36)20-16-19-10-4-7-13-23(19)32-17-20/h4-17H,1-3H3. The molecule has 0 spiro atoms. The molecule has 0 N–H and O–H groups in total. The van der Waals surface area contributed by atoms with Gasteiger partial charge in [-0.15, -0.1) is 0 Å². The van der Waals surface area contributed by atoms with Crippen LogP contribution in [0.5, 0.6) is 0 Å². The number of fused-ring (bicyclic) bond motifs is 4. The smallest absolute Gasteiger partial charge is 0.293 e. The monoisotopic (exact) mass is 469 g/mol. The van der Waals surface area contributed by atoms with Crippen LogP contribution in [0.15, 0.2) is 89.9 Å². The van der Waals surface area contributed by atoms with E-state index in [4.69, 9.17) is 4.98 Å². The van der Waals surface area contributed by atoms with Gasteiger partial charge in [-0.2, -0.15) is 5.26 Å². The number of aryl methyl sites for hydroxylation is 1. The summed E-state index contributed by atoms with van der Waals surface area (Å²) in [4.78, 5) is 23.6. The molecule has 3 heterocycles. The van der Waals surface area contributed by atoms with Gasteiger partial charge in [-0.1, -0.05) is 54.6 Å². The minimum Gasteiger partial charge on any atom is -0.293 e. The Morgan fingerprint density at radius 1 is 0.889 bits per heavy atom. The topological polar surface area (TPSA) is 76.5 Å². The van der Waals surface area contributed by atoms with Gasteiger partial charge in [0.2, 0.25) is 0 Å². The number of pyridine rings is 2. The number of hydrogen-bond donors (Lipinski definition) is 0. The molecule has 0 aliphatic carbocycles. The minimum absolute atomic E-state index is 0.195. The highest BCUT2D eigenvalue weighted by molar-refractivity contribution is 6.09. The third-order valence-electron chi connectivity index (χ3n) is 6.84. The molecule has 0 saturated heterocycles. The highest BCUT2D eigenvalue weighted by atomic mass is 16.1. The molecule has 0 aliphatic heterocycles. The average Bonchev–Trinajstić information content (AvgIpc) is 3.18. The lowest BCUT2D eigenvalue weighted by atomic mass is 9.85. The molecule has 0 amide bonds. The summed E-state index contributed by atoms with van der Waals surface area (Å²) in [5.41, 5.74) is 5.20. The molecule has 174 valence electrons. The Balaban J connectivity index is 1.79. The van der Waals surface area contributed by atoms with Gasteiger partial charge in [0.25, 0.3) is 0 Å². The third-order valence-corrected chi connectivity index (χ3v) is 6.84. The van der Waals surface area contributed by atoms with Gasteiger partial charge in [-0.05, 0) is 43.7 Å². The fourth-order valence-electron chi connectivity index (χ4n) is 4.95. The molecular weight excluding hydrogens is 446 g/mol. The van der Waals surface area contributed by atoms with Crippen LogP contribution in [-0.2, 0) is 12.5 Å². The van der Waals surface area contributed by atoms with E-state index in [1.807, 2.05) is 92.8 Å². The Hall–Kier alpha value is -4.76. The number of rotatable bonds is 3. The predicted octanol–water partition coefficient (Wildman–Crippen LogP) is 5.89. The zero-order chi connectivity index (χ0) is 25.0. The molecule has 6 rings (SSSR count). The van der Waals surface area contributed by atoms with E-state index in [1.54, 1.807) is 16.2 Å². The minimum atomic E-state index is -0.786. The van der Waals surface area contributed by atoms with Crippen LogP contribution in [0.2, 0.25) is 0 Å². The molecule has 6 nitrogen and oxygen atoms in total. The first-order valence-corrected chi connectivity index (χ1v) is 11.8. The van der Waals surface area contributed by atoms with Crippen molar-refractivity contribution < 1.29 is 0 Å². The highest BCUT2D eigenvalue weighted by Crippen LogP contribution is 2.36. The lowest BCUT2D eigenvalue weighted by Crippen LogP contribution is -2.25. The molecule has 0 unspecified atom stereocenters. The third kappa shape index (κ3) is 3.14. The van der Waals surface area contributed by atoms with E-state index in [-0.39, 0.29) is 5.69 Å². The predicted molar refractivity (Wildman–Crippen MR) is 143 cm³/mol. The summed E-state index contributed by atoms with van der Waals surface area (Å²) in [6.45, 7) is 3.74. The van der Waals surface area contributed by atoms with Gasteiger partial charge in [-0.25, -0.2) is 9.78 Å². The molecule has 6 aromatic rings. The molecule has 0 radical (unpaired) electrons. The van der Waals surface area contributed by atoms with E-state index in [2.05, 4.69) is 17.1 Å². The summed E-state index contributed by atoms with van der Waals surface area (Å²) in [6, 6.07) is 27.9. The van der Waals surface area contributed by atoms with Gasteiger partial charge in [-0.3, -0.25) is 14.1 Å². The number of benzene rings is 3. The first-order chi connectivity index (χ1) is 17.4. The average molecular weight is 470 g/mol. The first-order valence-electron chi connectivity index (χ1n) is 11.8. The van der Waals surface area contributed by atoms with Crippen molar-refractivity contribution in [3.8, 4) is 23.0 Å². The summed E-state index contributed by atoms with van der Waals surface area (Å²) in [6.07, 6.45) is 1.81.